The number of benzene rings is 1. The number of thiophene rings is 1. The number of aliphatic imine (C=N–C) groups is 1. The molecule has 1 heterocycles. The minimum absolute atomic E-state index is 0.153. The van der Waals surface area contributed by atoms with Gasteiger partial charge >= 0.3 is 0 Å². The summed E-state index contributed by atoms with van der Waals surface area (Å²) in [4.78, 5) is 5.52. The summed E-state index contributed by atoms with van der Waals surface area (Å²) in [5.41, 5.74) is 0.721. The van der Waals surface area contributed by atoms with Crippen LogP contribution in [-0.2, 0) is 12.8 Å². The molecule has 21 heavy (non-hydrogen) atoms. The summed E-state index contributed by atoms with van der Waals surface area (Å²) in [5, 5.41) is 8.54. The van der Waals surface area contributed by atoms with E-state index in [9.17, 15) is 4.39 Å². The molecule has 1 aromatic heterocycles. The second-order valence-corrected chi connectivity index (χ2v) is 5.63. The molecule has 5 heteroatoms. The zero-order chi connectivity index (χ0) is 14.9. The second-order valence-electron chi connectivity index (χ2n) is 4.60. The number of hydrogen-bond donors (Lipinski definition) is 2. The lowest BCUT2D eigenvalue weighted by atomic mass is 10.1. The summed E-state index contributed by atoms with van der Waals surface area (Å²) in [6.45, 7) is 1.49. The Hall–Kier alpha value is -1.88. The van der Waals surface area contributed by atoms with Crippen molar-refractivity contribution >= 4 is 17.3 Å². The van der Waals surface area contributed by atoms with E-state index < -0.39 is 0 Å². The molecule has 0 saturated heterocycles. The Kier molecular flexibility index (Phi) is 6.22. The Morgan fingerprint density at radius 3 is 2.52 bits per heavy atom. The van der Waals surface area contributed by atoms with E-state index in [4.69, 9.17) is 0 Å². The molecule has 2 N–H and O–H groups in total. The standard InChI is InChI=1S/C16H20FN3S/c1-18-16(20-11-9-14-6-4-12-21-14)19-10-8-13-5-2-3-7-15(13)17/h2-7,12H,8-11H2,1H3,(H2,18,19,20). The fraction of sp³-hybridized carbons (Fsp3) is 0.312. The lowest BCUT2D eigenvalue weighted by molar-refractivity contribution is 0.606. The largest absolute Gasteiger partial charge is 0.356 e. The maximum Gasteiger partial charge on any atom is 0.190 e. The van der Waals surface area contributed by atoms with Gasteiger partial charge in [-0.1, -0.05) is 24.3 Å². The molecule has 0 fully saturated rings. The monoisotopic (exact) mass is 305 g/mol. The van der Waals surface area contributed by atoms with Gasteiger partial charge in [-0.05, 0) is 35.9 Å². The highest BCUT2D eigenvalue weighted by atomic mass is 32.1. The van der Waals surface area contributed by atoms with Crippen LogP contribution in [-0.4, -0.2) is 26.1 Å². The molecular formula is C16H20FN3S. The fourth-order valence-corrected chi connectivity index (χ4v) is 2.71. The maximum atomic E-state index is 13.5. The van der Waals surface area contributed by atoms with E-state index in [-0.39, 0.29) is 5.82 Å². The van der Waals surface area contributed by atoms with Crippen molar-refractivity contribution in [2.75, 3.05) is 20.1 Å². The van der Waals surface area contributed by atoms with Gasteiger partial charge in [0.05, 0.1) is 0 Å². The molecule has 0 spiro atoms. The lowest BCUT2D eigenvalue weighted by Gasteiger charge is -2.11. The van der Waals surface area contributed by atoms with Gasteiger partial charge in [0.2, 0.25) is 0 Å². The van der Waals surface area contributed by atoms with Gasteiger partial charge in [-0.25, -0.2) is 4.39 Å². The number of nitrogens with one attached hydrogen (secondary N) is 2. The van der Waals surface area contributed by atoms with Crippen LogP contribution < -0.4 is 10.6 Å². The average Bonchev–Trinajstić information content (AvgIpc) is 3.01. The van der Waals surface area contributed by atoms with Crippen molar-refractivity contribution in [1.29, 1.82) is 0 Å². The number of guanidine groups is 1. The fourth-order valence-electron chi connectivity index (χ4n) is 2.00. The Balaban J connectivity index is 1.69. The molecule has 0 amide bonds. The molecule has 1 aromatic carbocycles. The first-order chi connectivity index (χ1) is 10.3. The molecule has 0 unspecified atom stereocenters. The molecule has 2 rings (SSSR count). The first-order valence-electron chi connectivity index (χ1n) is 7.00. The normalized spacial score (nSPS) is 11.4. The molecule has 0 bridgehead atoms. The number of nitrogens with zero attached hydrogens (tertiary/aromatic N) is 1. The number of halogens is 1. The molecule has 3 nitrogen and oxygen atoms in total. The van der Waals surface area contributed by atoms with Gasteiger partial charge in [-0.15, -0.1) is 11.3 Å². The first kappa shape index (κ1) is 15.5. The summed E-state index contributed by atoms with van der Waals surface area (Å²) < 4.78 is 13.5. The van der Waals surface area contributed by atoms with E-state index in [1.165, 1.54) is 10.9 Å². The average molecular weight is 305 g/mol. The van der Waals surface area contributed by atoms with Crippen LogP contribution in [0.25, 0.3) is 0 Å². The number of hydrogen-bond acceptors (Lipinski definition) is 2. The third-order valence-corrected chi connectivity index (χ3v) is 4.05. The van der Waals surface area contributed by atoms with Gasteiger partial charge < -0.3 is 10.6 Å². The lowest BCUT2D eigenvalue weighted by Crippen LogP contribution is -2.39. The Bertz CT molecular complexity index is 567. The van der Waals surface area contributed by atoms with Crippen molar-refractivity contribution in [3.8, 4) is 0 Å². The molecule has 112 valence electrons. The van der Waals surface area contributed by atoms with Gasteiger partial charge in [-0.3, -0.25) is 4.99 Å². The summed E-state index contributed by atoms with van der Waals surface area (Å²) in [7, 11) is 1.74. The summed E-state index contributed by atoms with van der Waals surface area (Å²) >= 11 is 1.76. The van der Waals surface area contributed by atoms with Crippen molar-refractivity contribution < 1.29 is 4.39 Å². The SMILES string of the molecule is CN=C(NCCc1cccs1)NCCc1ccccc1F. The maximum absolute atomic E-state index is 13.5. The quantitative estimate of drug-likeness (QED) is 0.636. The Morgan fingerprint density at radius 1 is 1.10 bits per heavy atom. The summed E-state index contributed by atoms with van der Waals surface area (Å²) in [6.07, 6.45) is 1.62. The smallest absolute Gasteiger partial charge is 0.190 e. The van der Waals surface area contributed by atoms with E-state index in [0.717, 1.165) is 24.5 Å². The molecule has 0 saturated carbocycles. The zero-order valence-electron chi connectivity index (χ0n) is 12.1. The van der Waals surface area contributed by atoms with Crippen molar-refractivity contribution in [1.82, 2.24) is 10.6 Å². The molecule has 0 radical (unpaired) electrons. The first-order valence-corrected chi connectivity index (χ1v) is 7.88. The predicted molar refractivity (Wildman–Crippen MR) is 87.5 cm³/mol. The molecule has 0 aliphatic rings. The third kappa shape index (κ3) is 5.19. The van der Waals surface area contributed by atoms with Crippen LogP contribution in [0.1, 0.15) is 10.4 Å². The topological polar surface area (TPSA) is 36.4 Å². The van der Waals surface area contributed by atoms with Gasteiger partial charge in [0.1, 0.15) is 5.82 Å². The van der Waals surface area contributed by atoms with E-state index in [1.807, 2.05) is 12.1 Å². The minimum Gasteiger partial charge on any atom is -0.356 e. The van der Waals surface area contributed by atoms with Crippen LogP contribution in [0.2, 0.25) is 0 Å². The Labute approximate surface area is 128 Å². The van der Waals surface area contributed by atoms with Crippen LogP contribution in [0.3, 0.4) is 0 Å². The van der Waals surface area contributed by atoms with Crippen LogP contribution in [0, 0.1) is 5.82 Å². The summed E-state index contributed by atoms with van der Waals surface area (Å²) in [5.74, 6) is 0.600. The molecule has 0 atom stereocenters. The van der Waals surface area contributed by atoms with Crippen LogP contribution >= 0.6 is 11.3 Å². The van der Waals surface area contributed by atoms with Gasteiger partial charge in [-0.2, -0.15) is 0 Å². The third-order valence-electron chi connectivity index (χ3n) is 3.11. The highest BCUT2D eigenvalue weighted by Gasteiger charge is 2.02. The highest BCUT2D eigenvalue weighted by Crippen LogP contribution is 2.08. The van der Waals surface area contributed by atoms with E-state index in [0.29, 0.717) is 13.0 Å². The summed E-state index contributed by atoms with van der Waals surface area (Å²) in [6, 6.07) is 11.0. The van der Waals surface area contributed by atoms with Gasteiger partial charge in [0, 0.05) is 25.0 Å². The molecule has 0 aliphatic carbocycles. The molecule has 0 aliphatic heterocycles. The van der Waals surface area contributed by atoms with Crippen LogP contribution in [0.4, 0.5) is 4.39 Å². The van der Waals surface area contributed by atoms with E-state index >= 15 is 0 Å². The molecular weight excluding hydrogens is 285 g/mol. The minimum atomic E-state index is -0.153. The van der Waals surface area contributed by atoms with Gasteiger partial charge in [0.15, 0.2) is 5.96 Å². The van der Waals surface area contributed by atoms with Crippen molar-refractivity contribution in [2.24, 2.45) is 4.99 Å². The van der Waals surface area contributed by atoms with E-state index in [2.05, 4.69) is 33.1 Å². The van der Waals surface area contributed by atoms with Crippen LogP contribution in [0.15, 0.2) is 46.8 Å². The van der Waals surface area contributed by atoms with Crippen molar-refractivity contribution in [2.45, 2.75) is 12.8 Å². The van der Waals surface area contributed by atoms with Crippen LogP contribution in [0.5, 0.6) is 0 Å². The van der Waals surface area contributed by atoms with Crippen molar-refractivity contribution in [3.05, 3.63) is 58.0 Å². The molecule has 2 aromatic rings. The van der Waals surface area contributed by atoms with Crippen molar-refractivity contribution in [3.63, 3.8) is 0 Å². The van der Waals surface area contributed by atoms with E-state index in [1.54, 1.807) is 24.5 Å². The van der Waals surface area contributed by atoms with Gasteiger partial charge in [0.25, 0.3) is 0 Å². The second kappa shape index (κ2) is 8.42. The zero-order valence-corrected chi connectivity index (χ0v) is 12.9. The Morgan fingerprint density at radius 2 is 1.86 bits per heavy atom. The highest BCUT2D eigenvalue weighted by molar-refractivity contribution is 7.09. The predicted octanol–water partition coefficient (Wildman–Crippen LogP) is 2.84. The number of rotatable bonds is 6.